The molecule has 0 spiro atoms. The number of amides is 1. The van der Waals surface area contributed by atoms with Crippen molar-refractivity contribution in [3.05, 3.63) is 54.1 Å². The number of methoxy groups -OCH3 is 2. The van der Waals surface area contributed by atoms with Gasteiger partial charge >= 0.3 is 11.9 Å². The quantitative estimate of drug-likeness (QED) is 0.799. The van der Waals surface area contributed by atoms with Gasteiger partial charge in [0.15, 0.2) is 0 Å². The summed E-state index contributed by atoms with van der Waals surface area (Å²) in [5.41, 5.74) is 0.285. The van der Waals surface area contributed by atoms with Crippen LogP contribution in [0.2, 0.25) is 0 Å². The predicted octanol–water partition coefficient (Wildman–Crippen LogP) is 1.45. The lowest BCUT2D eigenvalue weighted by molar-refractivity contribution is -0.149. The van der Waals surface area contributed by atoms with Crippen LogP contribution < -0.4 is 5.32 Å². The van der Waals surface area contributed by atoms with Crippen molar-refractivity contribution in [1.29, 1.82) is 0 Å². The van der Waals surface area contributed by atoms with Crippen molar-refractivity contribution < 1.29 is 28.2 Å². The molecule has 2 aromatic rings. The Morgan fingerprint density at radius 1 is 1.16 bits per heavy atom. The molecule has 0 aliphatic rings. The molecule has 1 N–H and O–H groups in total. The number of nitrogens with zero attached hydrogens (tertiary/aromatic N) is 1. The number of carbonyl (C=O) groups is 3. The highest BCUT2D eigenvalue weighted by molar-refractivity contribution is 5.97. The number of benzene rings is 1. The van der Waals surface area contributed by atoms with Crippen molar-refractivity contribution in [2.45, 2.75) is 12.5 Å². The van der Waals surface area contributed by atoms with Crippen LogP contribution in [0.3, 0.4) is 0 Å². The van der Waals surface area contributed by atoms with Crippen LogP contribution in [0.5, 0.6) is 0 Å². The smallest absolute Gasteiger partial charge is 0.328 e. The van der Waals surface area contributed by atoms with Gasteiger partial charge in [0, 0.05) is 18.0 Å². The van der Waals surface area contributed by atoms with E-state index in [9.17, 15) is 18.8 Å². The number of hydrogen-bond acceptors (Lipinski definition) is 5. The minimum Gasteiger partial charge on any atom is -0.469 e. The molecule has 0 aliphatic heterocycles. The fraction of sp³-hybridized carbons (Fsp3) is 0.235. The maximum absolute atomic E-state index is 14.2. The van der Waals surface area contributed by atoms with E-state index in [-0.39, 0.29) is 11.3 Å². The molecule has 0 saturated carbocycles. The molecule has 1 atom stereocenters. The maximum Gasteiger partial charge on any atom is 0.328 e. The molecular weight excluding hydrogens is 331 g/mol. The molecule has 1 aromatic heterocycles. The van der Waals surface area contributed by atoms with Crippen molar-refractivity contribution in [2.75, 3.05) is 14.2 Å². The molecule has 2 rings (SSSR count). The Morgan fingerprint density at radius 2 is 1.84 bits per heavy atom. The van der Waals surface area contributed by atoms with Gasteiger partial charge < -0.3 is 19.4 Å². The van der Waals surface area contributed by atoms with Crippen molar-refractivity contribution in [1.82, 2.24) is 9.88 Å². The zero-order chi connectivity index (χ0) is 18.4. The molecule has 8 heteroatoms. The second-order valence-corrected chi connectivity index (χ2v) is 5.09. The highest BCUT2D eigenvalue weighted by atomic mass is 19.1. The Bertz CT molecular complexity index is 773. The van der Waals surface area contributed by atoms with Gasteiger partial charge in [0.2, 0.25) is 0 Å². The molecule has 0 radical (unpaired) electrons. The number of ether oxygens (including phenoxy) is 2. The van der Waals surface area contributed by atoms with E-state index in [4.69, 9.17) is 0 Å². The third kappa shape index (κ3) is 4.43. The molecule has 0 fully saturated rings. The van der Waals surface area contributed by atoms with Crippen LogP contribution in [0.25, 0.3) is 5.69 Å². The molecule has 1 unspecified atom stereocenters. The van der Waals surface area contributed by atoms with Crippen LogP contribution in [0.1, 0.15) is 16.8 Å². The van der Waals surface area contributed by atoms with E-state index in [0.29, 0.717) is 0 Å². The number of rotatable bonds is 6. The molecule has 1 heterocycles. The molecule has 0 saturated heterocycles. The average Bonchev–Trinajstić information content (AvgIpc) is 3.14. The van der Waals surface area contributed by atoms with Crippen LogP contribution in [0, 0.1) is 5.82 Å². The van der Waals surface area contributed by atoms with E-state index < -0.39 is 36.1 Å². The number of hydrogen-bond donors (Lipinski definition) is 1. The summed E-state index contributed by atoms with van der Waals surface area (Å²) in [6.45, 7) is 0. The summed E-state index contributed by atoms with van der Waals surface area (Å²) in [5, 5.41) is 2.34. The van der Waals surface area contributed by atoms with Crippen molar-refractivity contribution in [2.24, 2.45) is 0 Å². The SMILES string of the molecule is COC(=O)CC(NC(=O)c1ccc(-n2cccc2)c(F)c1)C(=O)OC. The predicted molar refractivity (Wildman–Crippen MR) is 85.6 cm³/mol. The number of esters is 2. The molecule has 7 nitrogen and oxygen atoms in total. The second-order valence-electron chi connectivity index (χ2n) is 5.09. The van der Waals surface area contributed by atoms with Crippen LogP contribution >= 0.6 is 0 Å². The highest BCUT2D eigenvalue weighted by Crippen LogP contribution is 2.16. The lowest BCUT2D eigenvalue weighted by Crippen LogP contribution is -2.43. The Labute approximate surface area is 143 Å². The van der Waals surface area contributed by atoms with Gasteiger partial charge in [-0.25, -0.2) is 9.18 Å². The van der Waals surface area contributed by atoms with Gasteiger partial charge in [-0.05, 0) is 30.3 Å². The summed E-state index contributed by atoms with van der Waals surface area (Å²) in [6, 6.07) is 6.17. The average molecular weight is 348 g/mol. The first-order valence-electron chi connectivity index (χ1n) is 7.34. The van der Waals surface area contributed by atoms with E-state index in [1.807, 2.05) is 0 Å². The van der Waals surface area contributed by atoms with Crippen molar-refractivity contribution in [3.8, 4) is 5.69 Å². The Morgan fingerprint density at radius 3 is 2.40 bits per heavy atom. The molecular formula is C17H17FN2O5. The van der Waals surface area contributed by atoms with Gasteiger partial charge in [0.25, 0.3) is 5.91 Å². The van der Waals surface area contributed by atoms with Crippen LogP contribution in [-0.4, -0.2) is 42.7 Å². The summed E-state index contributed by atoms with van der Waals surface area (Å²) < 4.78 is 24.8. The number of halogens is 1. The van der Waals surface area contributed by atoms with Gasteiger partial charge in [-0.2, -0.15) is 0 Å². The normalized spacial score (nSPS) is 11.5. The van der Waals surface area contributed by atoms with E-state index in [1.54, 1.807) is 29.1 Å². The zero-order valence-electron chi connectivity index (χ0n) is 13.7. The summed E-state index contributed by atoms with van der Waals surface area (Å²) in [5.74, 6) is -2.81. The summed E-state index contributed by atoms with van der Waals surface area (Å²) in [7, 11) is 2.29. The Hall–Kier alpha value is -3.16. The number of nitrogens with one attached hydrogen (secondary N) is 1. The maximum atomic E-state index is 14.2. The van der Waals surface area contributed by atoms with Crippen molar-refractivity contribution >= 4 is 17.8 Å². The van der Waals surface area contributed by atoms with E-state index in [1.165, 1.54) is 12.1 Å². The zero-order valence-corrected chi connectivity index (χ0v) is 13.7. The van der Waals surface area contributed by atoms with Gasteiger partial charge in [-0.15, -0.1) is 0 Å². The van der Waals surface area contributed by atoms with Gasteiger partial charge in [-0.3, -0.25) is 9.59 Å². The highest BCUT2D eigenvalue weighted by Gasteiger charge is 2.26. The first-order valence-corrected chi connectivity index (χ1v) is 7.34. The molecule has 25 heavy (non-hydrogen) atoms. The van der Waals surface area contributed by atoms with Gasteiger partial charge in [0.05, 0.1) is 26.3 Å². The Kier molecular flexibility index (Phi) is 5.89. The standard InChI is InChI=1S/C17H17FN2O5/c1-24-15(21)10-13(17(23)25-2)19-16(22)11-5-6-14(12(18)9-11)20-7-3-4-8-20/h3-9,13H,10H2,1-2H3,(H,19,22). The van der Waals surface area contributed by atoms with Gasteiger partial charge in [-0.1, -0.05) is 0 Å². The lowest BCUT2D eigenvalue weighted by Gasteiger charge is -2.15. The fourth-order valence-electron chi connectivity index (χ4n) is 2.18. The lowest BCUT2D eigenvalue weighted by atomic mass is 10.1. The van der Waals surface area contributed by atoms with E-state index in [2.05, 4.69) is 14.8 Å². The topological polar surface area (TPSA) is 86.6 Å². The van der Waals surface area contributed by atoms with E-state index >= 15 is 0 Å². The first-order chi connectivity index (χ1) is 12.0. The summed E-state index contributed by atoms with van der Waals surface area (Å²) in [6.07, 6.45) is 2.95. The molecule has 1 amide bonds. The monoisotopic (exact) mass is 348 g/mol. The number of carbonyl (C=O) groups excluding carboxylic acids is 3. The largest absolute Gasteiger partial charge is 0.469 e. The summed E-state index contributed by atoms with van der Waals surface area (Å²) in [4.78, 5) is 35.3. The van der Waals surface area contributed by atoms with Crippen LogP contribution in [-0.2, 0) is 19.1 Å². The third-order valence-electron chi connectivity index (χ3n) is 3.48. The third-order valence-corrected chi connectivity index (χ3v) is 3.48. The minimum absolute atomic E-state index is 0.00664. The minimum atomic E-state index is -1.22. The first kappa shape index (κ1) is 18.2. The molecule has 132 valence electrons. The second kappa shape index (κ2) is 8.09. The van der Waals surface area contributed by atoms with Crippen LogP contribution in [0.15, 0.2) is 42.7 Å². The van der Waals surface area contributed by atoms with Crippen LogP contribution in [0.4, 0.5) is 4.39 Å². The number of aromatic nitrogens is 1. The van der Waals surface area contributed by atoms with E-state index in [0.717, 1.165) is 20.3 Å². The molecule has 1 aromatic carbocycles. The van der Waals surface area contributed by atoms with Crippen molar-refractivity contribution in [3.63, 3.8) is 0 Å². The summed E-state index contributed by atoms with van der Waals surface area (Å²) >= 11 is 0. The Balaban J connectivity index is 2.17. The fourth-order valence-corrected chi connectivity index (χ4v) is 2.18. The van der Waals surface area contributed by atoms with Gasteiger partial charge in [0.1, 0.15) is 11.9 Å². The molecule has 0 bridgehead atoms. The molecule has 0 aliphatic carbocycles.